The first-order chi connectivity index (χ1) is 38.9. The molecule has 6 amide bonds. The van der Waals surface area contributed by atoms with Crippen molar-refractivity contribution in [1.29, 1.82) is 0 Å². The largest absolute Gasteiger partial charge is 0.447 e. The molecule has 0 saturated heterocycles. The fraction of sp³-hybridized carbons (Fsp3) is 0.292. The van der Waals surface area contributed by atoms with Crippen molar-refractivity contribution in [2.45, 2.75) is 49.9 Å². The molecule has 0 saturated carbocycles. The minimum Gasteiger partial charge on any atom is -0.447 e. The van der Waals surface area contributed by atoms with Gasteiger partial charge in [-0.2, -0.15) is 27.0 Å². The summed E-state index contributed by atoms with van der Waals surface area (Å²) in [6.45, 7) is -4.02. The van der Waals surface area contributed by atoms with Gasteiger partial charge in [0.1, 0.15) is 41.3 Å². The summed E-state index contributed by atoms with van der Waals surface area (Å²) in [7, 11) is 2.41. The third kappa shape index (κ3) is 23.0. The van der Waals surface area contributed by atoms with Crippen molar-refractivity contribution >= 4 is 80.1 Å². The zero-order valence-electron chi connectivity index (χ0n) is 43.4. The minimum atomic E-state index is -3.55. The van der Waals surface area contributed by atoms with Crippen LogP contribution < -0.4 is 16.0 Å². The predicted molar refractivity (Wildman–Crippen MR) is 298 cm³/mol. The highest BCUT2D eigenvalue weighted by atomic mass is 35.5. The Morgan fingerprint density at radius 3 is 1.60 bits per heavy atom. The second kappa shape index (κ2) is 34.7. The number of aliphatic hydroxyl groups excluding tert-OH is 1. The highest BCUT2D eigenvalue weighted by Gasteiger charge is 2.37. The number of rotatable bonds is 21. The van der Waals surface area contributed by atoms with Crippen LogP contribution in [0.5, 0.6) is 0 Å². The first-order valence-corrected chi connectivity index (χ1v) is 23.9. The molecule has 0 aliphatic heterocycles. The van der Waals surface area contributed by atoms with Crippen molar-refractivity contribution in [2.75, 3.05) is 45.7 Å². The van der Waals surface area contributed by atoms with E-state index in [1.54, 1.807) is 12.1 Å². The van der Waals surface area contributed by atoms with Crippen LogP contribution in [-0.4, -0.2) is 114 Å². The van der Waals surface area contributed by atoms with E-state index in [4.69, 9.17) is 49.1 Å². The van der Waals surface area contributed by atoms with E-state index in [2.05, 4.69) is 60.9 Å². The third-order valence-electron chi connectivity index (χ3n) is 10.9. The SMILES string of the molecule is CN(C(=O)NCc1cccc(F)c1Cl)[C@H](CO)CC(F)(F)CN=[N+]=[N-].CN(C(=O)NCc1cccc(F)c1Cl)[C@H](COC(=O)Nc1cc(-c2cccc(F)c2)no1)CC(F)(F)CN=[N+]=[N-].S.S.[N-]=[N+]=NC(=O)c1cc(-c2cccc(F)c2)no1. The van der Waals surface area contributed by atoms with E-state index < -0.39 is 110 Å². The number of halogens is 10. The summed E-state index contributed by atoms with van der Waals surface area (Å²) in [5.41, 5.74) is 26.5. The Morgan fingerprint density at radius 2 is 1.13 bits per heavy atom. The number of azide groups is 3. The number of alkyl halides is 4. The molecule has 4 aromatic carbocycles. The summed E-state index contributed by atoms with van der Waals surface area (Å²) in [6.07, 6.45) is -3.03. The molecule has 0 fully saturated rings. The van der Waals surface area contributed by atoms with Gasteiger partial charge in [-0.25, -0.2) is 49.5 Å². The van der Waals surface area contributed by atoms with Crippen molar-refractivity contribution in [2.24, 2.45) is 15.3 Å². The molecule has 6 aromatic rings. The highest BCUT2D eigenvalue weighted by molar-refractivity contribution is 7.59. The maximum absolute atomic E-state index is 14.4. The van der Waals surface area contributed by atoms with Gasteiger partial charge < -0.3 is 39.3 Å². The fourth-order valence-corrected chi connectivity index (χ4v) is 7.07. The Morgan fingerprint density at radius 1 is 0.679 bits per heavy atom. The van der Waals surface area contributed by atoms with Crippen LogP contribution in [0.25, 0.3) is 53.8 Å². The number of carbonyl (C=O) groups is 4. The van der Waals surface area contributed by atoms with Gasteiger partial charge in [0.05, 0.1) is 41.8 Å². The van der Waals surface area contributed by atoms with E-state index in [1.807, 2.05) is 0 Å². The number of ether oxygens (including phenoxy) is 1. The number of benzene rings is 4. The summed E-state index contributed by atoms with van der Waals surface area (Å²) in [4.78, 5) is 56.9. The number of hydrogen-bond acceptors (Lipinski definition) is 12. The number of carbonyl (C=O) groups excluding carboxylic acids is 4. The summed E-state index contributed by atoms with van der Waals surface area (Å²) in [5, 5.41) is 31.8. The van der Waals surface area contributed by atoms with Crippen LogP contribution in [0, 0.1) is 23.3 Å². The average Bonchev–Trinajstić information content (AvgIpc) is 4.36. The lowest BCUT2D eigenvalue weighted by Crippen LogP contribution is -2.48. The lowest BCUT2D eigenvalue weighted by molar-refractivity contribution is -0.0261. The number of aliphatic hydroxyl groups is 1. The van der Waals surface area contributed by atoms with Crippen molar-refractivity contribution in [3.63, 3.8) is 0 Å². The molecule has 36 heteroatoms. The zero-order valence-corrected chi connectivity index (χ0v) is 47.0. The smallest absolute Gasteiger partial charge is 0.414 e. The second-order valence-corrected chi connectivity index (χ2v) is 17.5. The summed E-state index contributed by atoms with van der Waals surface area (Å²) >= 11 is 11.6. The van der Waals surface area contributed by atoms with Crippen molar-refractivity contribution in [1.82, 2.24) is 30.7 Å². The van der Waals surface area contributed by atoms with Crippen LogP contribution in [0.4, 0.5) is 55.4 Å². The van der Waals surface area contributed by atoms with Gasteiger partial charge in [0.15, 0.2) is 0 Å². The van der Waals surface area contributed by atoms with Crippen LogP contribution in [0.3, 0.4) is 0 Å². The number of urea groups is 2. The molecule has 0 bridgehead atoms. The van der Waals surface area contributed by atoms with E-state index in [1.165, 1.54) is 86.9 Å². The van der Waals surface area contributed by atoms with Gasteiger partial charge in [0, 0.05) is 78.0 Å². The van der Waals surface area contributed by atoms with Gasteiger partial charge in [0.25, 0.3) is 17.8 Å². The molecule has 84 heavy (non-hydrogen) atoms. The standard InChI is InChI=1S/C24H22ClF4N7O4.C14H17ClF3N5O2.C10H5FN4O2.2H2S/c1-36(22(37)31-11-15-5-3-7-18(27)21(15)25)17(10-24(28,29)13-32-35-30)12-39-23(38)33-20-9-19(34-40-20)14-4-2-6-16(26)8-14;1-23(10(7-24)5-14(17,18)8-21-22-19)13(25)20-6-9-3-2-4-11(16)12(9)15;11-7-3-1-2-6(4-7)8-5-9(17-14-8)10(16)13-15-12;;/h2-9,17H,10-13H2,1H3,(H,31,37)(H,33,38);2-4,10,24H,5-8H2,1H3,(H,20,25);1-5H;2*1H2/t17-;10-;;;/m00.../s1. The van der Waals surface area contributed by atoms with Crippen molar-refractivity contribution < 1.29 is 73.2 Å². The molecular formula is C48H48Cl2F8N16O8S2. The van der Waals surface area contributed by atoms with Gasteiger partial charge in [-0.1, -0.05) is 92.3 Å². The molecule has 0 unspecified atom stereocenters. The van der Waals surface area contributed by atoms with E-state index in [9.17, 15) is 59.4 Å². The summed E-state index contributed by atoms with van der Waals surface area (Å²) in [6, 6.07) is 17.5. The Balaban J connectivity index is 0.000000467. The second-order valence-electron chi connectivity index (χ2n) is 16.7. The van der Waals surface area contributed by atoms with E-state index >= 15 is 0 Å². The molecule has 450 valence electrons. The maximum atomic E-state index is 14.4. The van der Waals surface area contributed by atoms with Gasteiger partial charge in [-0.05, 0) is 69.2 Å². The zero-order chi connectivity index (χ0) is 60.6. The molecule has 24 nitrogen and oxygen atoms in total. The third-order valence-corrected chi connectivity index (χ3v) is 11.8. The first kappa shape index (κ1) is 71.5. The first-order valence-electron chi connectivity index (χ1n) is 23.1. The maximum Gasteiger partial charge on any atom is 0.414 e. The minimum absolute atomic E-state index is 0. The van der Waals surface area contributed by atoms with Crippen LogP contribution in [0.15, 0.2) is 121 Å². The average molecular weight is 1260 g/mol. The Hall–Kier alpha value is -8.61. The molecule has 0 spiro atoms. The molecule has 2 heterocycles. The van der Waals surface area contributed by atoms with E-state index in [0.717, 1.165) is 21.9 Å². The molecule has 0 radical (unpaired) electrons. The topological polar surface area (TPSA) is 339 Å². The number of nitrogens with one attached hydrogen (secondary N) is 3. The fourth-order valence-electron chi connectivity index (χ4n) is 6.69. The number of hydrogen-bond donors (Lipinski definition) is 4. The number of anilines is 1. The molecule has 2 atom stereocenters. The summed E-state index contributed by atoms with van der Waals surface area (Å²) in [5.74, 6) is -10.4. The highest BCUT2D eigenvalue weighted by Crippen LogP contribution is 2.28. The Kier molecular flexibility index (Phi) is 29.6. The van der Waals surface area contributed by atoms with Crippen molar-refractivity contribution in [3.05, 3.63) is 179 Å². The number of nitrogens with zero attached hydrogens (tertiary/aromatic N) is 13. The number of amides is 6. The van der Waals surface area contributed by atoms with Crippen LogP contribution in [-0.2, 0) is 17.8 Å². The van der Waals surface area contributed by atoms with Gasteiger partial charge in [-0.3, -0.25) is 10.1 Å². The summed E-state index contributed by atoms with van der Waals surface area (Å²) < 4.78 is 124. The normalized spacial score (nSPS) is 11.2. The molecule has 2 aromatic heterocycles. The predicted octanol–water partition coefficient (Wildman–Crippen LogP) is 12.8. The number of likely N-dealkylation sites (N-methyl/N-ethyl adjacent to an activating group) is 2. The molecule has 4 N–H and O–H groups in total. The van der Waals surface area contributed by atoms with Crippen LogP contribution in [0.2, 0.25) is 10.0 Å². The van der Waals surface area contributed by atoms with E-state index in [0.29, 0.717) is 22.4 Å². The Bertz CT molecular complexity index is 3340. The van der Waals surface area contributed by atoms with Crippen molar-refractivity contribution in [3.8, 4) is 22.5 Å². The van der Waals surface area contributed by atoms with E-state index in [-0.39, 0.29) is 73.0 Å². The lowest BCUT2D eigenvalue weighted by Gasteiger charge is -2.30. The van der Waals surface area contributed by atoms with Gasteiger partial charge in [-0.15, -0.1) is 0 Å². The molecule has 0 aliphatic rings. The molecule has 6 rings (SSSR count). The quantitative estimate of drug-likeness (QED) is 0.0228. The van der Waals surface area contributed by atoms with Gasteiger partial charge >= 0.3 is 18.2 Å². The number of aromatic nitrogens is 2. The molecule has 0 aliphatic carbocycles. The van der Waals surface area contributed by atoms with Crippen LogP contribution in [0.1, 0.15) is 34.5 Å². The van der Waals surface area contributed by atoms with Gasteiger partial charge in [0.2, 0.25) is 11.6 Å². The van der Waals surface area contributed by atoms with Crippen LogP contribution >= 0.6 is 50.2 Å². The Labute approximate surface area is 494 Å². The lowest BCUT2D eigenvalue weighted by atomic mass is 10.1. The molecular weight excluding hydrogens is 1220 g/mol. The monoisotopic (exact) mass is 1260 g/mol.